The van der Waals surface area contributed by atoms with Crippen LogP contribution in [0.3, 0.4) is 0 Å². The summed E-state index contributed by atoms with van der Waals surface area (Å²) in [6.45, 7) is 2.03. The summed E-state index contributed by atoms with van der Waals surface area (Å²) >= 11 is 3.81. The Labute approximate surface area is 175 Å². The zero-order valence-electron chi connectivity index (χ0n) is 14.2. The second kappa shape index (κ2) is 7.17. The minimum atomic E-state index is -0.353. The number of fused-ring (bicyclic) bond motifs is 2. The smallest absolute Gasteiger partial charge is 0.165 e. The Morgan fingerprint density at radius 2 is 2.00 bits per heavy atom. The van der Waals surface area contributed by atoms with Crippen molar-refractivity contribution in [2.24, 2.45) is 0 Å². The Morgan fingerprint density at radius 1 is 1.15 bits per heavy atom. The zero-order chi connectivity index (χ0) is 18.4. The number of pyridine rings is 1. The average molecular weight is 511 g/mol. The van der Waals surface area contributed by atoms with Crippen LogP contribution in [-0.2, 0) is 0 Å². The summed E-state index contributed by atoms with van der Waals surface area (Å²) in [7, 11) is 1.50. The summed E-state index contributed by atoms with van der Waals surface area (Å²) in [6.07, 6.45) is 6.84. The molecule has 4 aromatic rings. The molecule has 0 aromatic carbocycles. The maximum Gasteiger partial charge on any atom is 0.165 e. The molecule has 0 amide bonds. The molecule has 5 heterocycles. The van der Waals surface area contributed by atoms with E-state index >= 15 is 0 Å². The van der Waals surface area contributed by atoms with Gasteiger partial charge in [-0.1, -0.05) is 0 Å². The first-order valence-electron chi connectivity index (χ1n) is 8.71. The van der Waals surface area contributed by atoms with E-state index in [0.717, 1.165) is 45.7 Å². The number of thiophene rings is 1. The molecule has 0 spiro atoms. The van der Waals surface area contributed by atoms with Crippen molar-refractivity contribution in [3.63, 3.8) is 0 Å². The van der Waals surface area contributed by atoms with Crippen LogP contribution in [0.5, 0.6) is 0 Å². The highest BCUT2D eigenvalue weighted by atomic mass is 127. The maximum atomic E-state index is 13.9. The average Bonchev–Trinajstić information content (AvgIpc) is 3.31. The minimum Gasteiger partial charge on any atom is -0.356 e. The predicted octanol–water partition coefficient (Wildman–Crippen LogP) is 5.68. The normalized spacial score (nSPS) is 15.1. The second-order valence-corrected chi connectivity index (χ2v) is 9.13. The molecular formula is C18H15FIN5S2. The molecule has 0 bridgehead atoms. The van der Waals surface area contributed by atoms with Crippen LogP contribution in [0.1, 0.15) is 19.3 Å². The van der Waals surface area contributed by atoms with Crippen LogP contribution in [0.4, 0.5) is 10.2 Å². The van der Waals surface area contributed by atoms with Crippen molar-refractivity contribution in [1.82, 2.24) is 18.9 Å². The van der Waals surface area contributed by atoms with E-state index < -0.39 is 0 Å². The number of nitrogens with zero attached hydrogens (tertiary/aromatic N) is 5. The fourth-order valence-corrected chi connectivity index (χ4v) is 5.61. The van der Waals surface area contributed by atoms with Gasteiger partial charge in [0.1, 0.15) is 16.5 Å². The predicted molar refractivity (Wildman–Crippen MR) is 119 cm³/mol. The Kier molecular flexibility index (Phi) is 4.68. The highest BCUT2D eigenvalue weighted by Crippen LogP contribution is 2.36. The van der Waals surface area contributed by atoms with Crippen LogP contribution < -0.4 is 4.90 Å². The SMILES string of the molecule is Fc1cnc2c(c1)c(-c1nc(N3CCCCC3)c3ccsc3n1)cn2SI. The van der Waals surface area contributed by atoms with E-state index in [9.17, 15) is 4.39 Å². The van der Waals surface area contributed by atoms with Gasteiger partial charge in [0, 0.05) is 60.6 Å². The van der Waals surface area contributed by atoms with Gasteiger partial charge in [0.2, 0.25) is 0 Å². The standard InChI is InChI=1S/C18H15FIN5S2/c19-11-8-13-14(10-25(27-20)16(13)21-9-11)15-22-17(24-5-2-1-3-6-24)12-4-7-26-18(12)23-15/h4,7-10H,1-3,5-6H2. The number of rotatable bonds is 3. The monoisotopic (exact) mass is 511 g/mol. The van der Waals surface area contributed by atoms with Gasteiger partial charge >= 0.3 is 0 Å². The molecule has 1 aliphatic rings. The van der Waals surface area contributed by atoms with E-state index in [1.807, 2.05) is 10.2 Å². The van der Waals surface area contributed by atoms with Crippen LogP contribution in [-0.4, -0.2) is 32.0 Å². The van der Waals surface area contributed by atoms with Crippen LogP contribution >= 0.6 is 41.7 Å². The molecule has 1 fully saturated rings. The molecule has 138 valence electrons. The van der Waals surface area contributed by atoms with E-state index in [-0.39, 0.29) is 5.82 Å². The van der Waals surface area contributed by atoms with Gasteiger partial charge < -0.3 is 4.90 Å². The third-order valence-corrected chi connectivity index (χ3v) is 7.36. The number of hydrogen-bond donors (Lipinski definition) is 0. The summed E-state index contributed by atoms with van der Waals surface area (Å²) in [5.74, 6) is 1.27. The first-order chi connectivity index (χ1) is 13.2. The minimum absolute atomic E-state index is 0.353. The molecule has 0 radical (unpaired) electrons. The van der Waals surface area contributed by atoms with Gasteiger partial charge in [-0.25, -0.2) is 19.3 Å². The Morgan fingerprint density at radius 3 is 2.81 bits per heavy atom. The van der Waals surface area contributed by atoms with E-state index in [1.54, 1.807) is 11.3 Å². The molecule has 9 heteroatoms. The van der Waals surface area contributed by atoms with Crippen molar-refractivity contribution in [2.75, 3.05) is 18.0 Å². The maximum absolute atomic E-state index is 13.9. The lowest BCUT2D eigenvalue weighted by Gasteiger charge is -2.28. The summed E-state index contributed by atoms with van der Waals surface area (Å²) in [5, 5.41) is 3.89. The molecular weight excluding hydrogens is 496 g/mol. The van der Waals surface area contributed by atoms with Crippen molar-refractivity contribution < 1.29 is 4.39 Å². The largest absolute Gasteiger partial charge is 0.356 e. The fourth-order valence-electron chi connectivity index (χ4n) is 3.59. The van der Waals surface area contributed by atoms with Gasteiger partial charge in [0.05, 0.1) is 11.6 Å². The number of hydrogen-bond acceptors (Lipinski definition) is 6. The summed E-state index contributed by atoms with van der Waals surface area (Å²) in [5.41, 5.74) is 1.54. The number of aromatic nitrogens is 4. The van der Waals surface area contributed by atoms with Crippen molar-refractivity contribution in [3.8, 4) is 11.4 Å². The molecule has 1 saturated heterocycles. The van der Waals surface area contributed by atoms with Crippen LogP contribution in [0, 0.1) is 5.82 Å². The van der Waals surface area contributed by atoms with E-state index in [2.05, 4.69) is 42.5 Å². The Balaban J connectivity index is 1.74. The molecule has 1 aliphatic heterocycles. The lowest BCUT2D eigenvalue weighted by atomic mass is 10.1. The van der Waals surface area contributed by atoms with Crippen molar-refractivity contribution >= 4 is 68.7 Å². The molecule has 0 saturated carbocycles. The molecule has 5 nitrogen and oxygen atoms in total. The van der Waals surface area contributed by atoms with Gasteiger partial charge in [0.25, 0.3) is 0 Å². The first-order valence-corrected chi connectivity index (χ1v) is 12.9. The number of halogens is 2. The summed E-state index contributed by atoms with van der Waals surface area (Å²) in [4.78, 5) is 17.3. The van der Waals surface area contributed by atoms with Crippen LogP contribution in [0.15, 0.2) is 29.9 Å². The first kappa shape index (κ1) is 17.6. The molecule has 4 aromatic heterocycles. The van der Waals surface area contributed by atoms with E-state index in [1.165, 1.54) is 40.6 Å². The molecule has 0 aliphatic carbocycles. The molecule has 0 N–H and O–H groups in total. The Bertz CT molecular complexity index is 1140. The molecule has 0 atom stereocenters. The van der Waals surface area contributed by atoms with Gasteiger partial charge in [0.15, 0.2) is 11.5 Å². The summed E-state index contributed by atoms with van der Waals surface area (Å²) < 4.78 is 15.8. The third-order valence-electron chi connectivity index (χ3n) is 4.85. The van der Waals surface area contributed by atoms with Crippen LogP contribution in [0.25, 0.3) is 32.6 Å². The van der Waals surface area contributed by atoms with Gasteiger partial charge in [-0.05, 0) is 36.8 Å². The lowest BCUT2D eigenvalue weighted by Crippen LogP contribution is -2.30. The highest BCUT2D eigenvalue weighted by molar-refractivity contribution is 14.2. The molecule has 5 rings (SSSR count). The molecule has 27 heavy (non-hydrogen) atoms. The van der Waals surface area contributed by atoms with Crippen LogP contribution in [0.2, 0.25) is 0 Å². The Hall–Kier alpha value is -1.46. The van der Waals surface area contributed by atoms with Crippen molar-refractivity contribution in [1.29, 1.82) is 0 Å². The highest BCUT2D eigenvalue weighted by Gasteiger charge is 2.21. The topological polar surface area (TPSA) is 46.8 Å². The van der Waals surface area contributed by atoms with Crippen molar-refractivity contribution in [2.45, 2.75) is 19.3 Å². The van der Waals surface area contributed by atoms with E-state index in [4.69, 9.17) is 9.97 Å². The van der Waals surface area contributed by atoms with Crippen molar-refractivity contribution in [3.05, 3.63) is 35.7 Å². The van der Waals surface area contributed by atoms with Gasteiger partial charge in [-0.15, -0.1) is 11.3 Å². The third kappa shape index (κ3) is 3.09. The zero-order valence-corrected chi connectivity index (χ0v) is 18.0. The fraction of sp³-hybridized carbons (Fsp3) is 0.278. The quantitative estimate of drug-likeness (QED) is 0.331. The lowest BCUT2D eigenvalue weighted by molar-refractivity contribution is 0.575. The number of piperidine rings is 1. The number of anilines is 1. The van der Waals surface area contributed by atoms with Gasteiger partial charge in [-0.2, -0.15) is 0 Å². The van der Waals surface area contributed by atoms with E-state index in [0.29, 0.717) is 5.82 Å². The molecule has 0 unspecified atom stereocenters. The van der Waals surface area contributed by atoms with Gasteiger partial charge in [-0.3, -0.25) is 3.97 Å². The summed E-state index contributed by atoms with van der Waals surface area (Å²) in [6, 6.07) is 3.61. The second-order valence-electron chi connectivity index (χ2n) is 6.52.